The Morgan fingerprint density at radius 2 is 2.19 bits per heavy atom. The molecule has 0 aromatic carbocycles. The molecule has 1 aliphatic carbocycles. The maximum absolute atomic E-state index is 13.2. The van der Waals surface area contributed by atoms with Crippen LogP contribution in [0.4, 0.5) is 0 Å². The second-order valence-electron chi connectivity index (χ2n) is 8.19. The van der Waals surface area contributed by atoms with Gasteiger partial charge in [0.25, 0.3) is 0 Å². The number of nitrogens with two attached hydrogens (primary N) is 2. The number of Topliss-reactive ketones (excluding diaryl/α,β-unsaturated/α-hetero) is 1. The minimum Gasteiger partial charge on any atom is -0.476 e. The van der Waals surface area contributed by atoms with Crippen LogP contribution in [0.25, 0.3) is 0 Å². The molecule has 0 aromatic heterocycles. The molecule has 0 aromatic rings. The van der Waals surface area contributed by atoms with Gasteiger partial charge < -0.3 is 31.6 Å². The van der Waals surface area contributed by atoms with E-state index < -0.39 is 0 Å². The second-order valence-corrected chi connectivity index (χ2v) is 8.19. The van der Waals surface area contributed by atoms with E-state index in [-0.39, 0.29) is 23.3 Å². The molecule has 7 nitrogen and oxygen atoms in total. The van der Waals surface area contributed by atoms with Crippen LogP contribution in [0.1, 0.15) is 39.5 Å². The van der Waals surface area contributed by atoms with Crippen LogP contribution in [-0.2, 0) is 14.3 Å². The Hall–Kier alpha value is -1.83. The fourth-order valence-electron chi connectivity index (χ4n) is 4.04. The lowest BCUT2D eigenvalue weighted by atomic mass is 9.79. The fraction of sp³-hybridized carbons (Fsp3) is 0.650. The van der Waals surface area contributed by atoms with E-state index in [0.29, 0.717) is 32.7 Å². The lowest BCUT2D eigenvalue weighted by Crippen LogP contribution is -2.43. The largest absolute Gasteiger partial charge is 0.476 e. The van der Waals surface area contributed by atoms with Crippen molar-refractivity contribution in [1.29, 1.82) is 0 Å². The van der Waals surface area contributed by atoms with Crippen molar-refractivity contribution in [2.75, 3.05) is 26.3 Å². The zero-order chi connectivity index (χ0) is 19.4. The normalized spacial score (nSPS) is 27.0. The van der Waals surface area contributed by atoms with Crippen molar-refractivity contribution < 1.29 is 14.3 Å². The van der Waals surface area contributed by atoms with Gasteiger partial charge in [0.05, 0.1) is 12.5 Å². The molecule has 27 heavy (non-hydrogen) atoms. The summed E-state index contributed by atoms with van der Waals surface area (Å²) in [5.74, 6) is -0.0351. The highest BCUT2D eigenvalue weighted by molar-refractivity contribution is 5.98. The number of ketones is 1. The number of hydrogen-bond acceptors (Lipinski definition) is 7. The molecule has 6 N–H and O–H groups in total. The zero-order valence-corrected chi connectivity index (χ0v) is 16.3. The number of ether oxygens (including phenoxy) is 2. The van der Waals surface area contributed by atoms with E-state index in [2.05, 4.69) is 24.5 Å². The molecule has 3 aliphatic rings. The Bertz CT molecular complexity index is 658. The SMILES string of the molecule is CC1(C)CCC2=C(C(=O)C1)C(C1NC=CO1)C(CN)=C(COCCCN)N2. The molecule has 3 rings (SSSR count). The zero-order valence-electron chi connectivity index (χ0n) is 16.3. The molecule has 0 radical (unpaired) electrons. The van der Waals surface area contributed by atoms with Crippen molar-refractivity contribution in [3.63, 3.8) is 0 Å². The molecule has 2 atom stereocenters. The summed E-state index contributed by atoms with van der Waals surface area (Å²) in [5.41, 5.74) is 15.4. The molecule has 0 saturated heterocycles. The third-order valence-electron chi connectivity index (χ3n) is 5.51. The lowest BCUT2D eigenvalue weighted by molar-refractivity contribution is -0.118. The van der Waals surface area contributed by atoms with Crippen LogP contribution >= 0.6 is 0 Å². The Balaban J connectivity index is 1.92. The molecule has 0 spiro atoms. The maximum atomic E-state index is 13.2. The molecular weight excluding hydrogens is 344 g/mol. The van der Waals surface area contributed by atoms with Crippen LogP contribution in [0, 0.1) is 11.3 Å². The van der Waals surface area contributed by atoms with Crippen molar-refractivity contribution in [3.05, 3.63) is 35.0 Å². The van der Waals surface area contributed by atoms with Crippen molar-refractivity contribution in [2.45, 2.75) is 45.8 Å². The maximum Gasteiger partial charge on any atom is 0.179 e. The van der Waals surface area contributed by atoms with Crippen LogP contribution in [0.3, 0.4) is 0 Å². The van der Waals surface area contributed by atoms with Gasteiger partial charge in [-0.05, 0) is 36.8 Å². The van der Waals surface area contributed by atoms with Crippen LogP contribution in [-0.4, -0.2) is 38.3 Å². The van der Waals surface area contributed by atoms with E-state index in [1.807, 2.05) is 0 Å². The number of carbonyl (C=O) groups excluding carboxylic acids is 1. The topological polar surface area (TPSA) is 112 Å². The Morgan fingerprint density at radius 3 is 2.85 bits per heavy atom. The molecule has 2 aliphatic heterocycles. The second kappa shape index (κ2) is 8.46. The average molecular weight is 377 g/mol. The number of carbonyl (C=O) groups is 1. The summed E-state index contributed by atoms with van der Waals surface area (Å²) in [6.07, 6.45) is 6.20. The summed E-state index contributed by atoms with van der Waals surface area (Å²) >= 11 is 0. The van der Waals surface area contributed by atoms with Gasteiger partial charge in [0.2, 0.25) is 0 Å². The molecule has 7 heteroatoms. The smallest absolute Gasteiger partial charge is 0.179 e. The summed E-state index contributed by atoms with van der Waals surface area (Å²) in [6, 6.07) is 0. The van der Waals surface area contributed by atoms with Crippen molar-refractivity contribution in [1.82, 2.24) is 10.6 Å². The number of hydrogen-bond donors (Lipinski definition) is 4. The summed E-state index contributed by atoms with van der Waals surface area (Å²) in [5, 5.41) is 6.71. The van der Waals surface area contributed by atoms with Gasteiger partial charge in [-0.15, -0.1) is 0 Å². The van der Waals surface area contributed by atoms with E-state index in [9.17, 15) is 4.79 Å². The Kier molecular flexibility index (Phi) is 6.24. The summed E-state index contributed by atoms with van der Waals surface area (Å²) in [7, 11) is 0. The molecule has 0 fully saturated rings. The molecule has 150 valence electrons. The number of dihydropyridines is 1. The van der Waals surface area contributed by atoms with Crippen molar-refractivity contribution in [3.8, 4) is 0 Å². The molecule has 2 heterocycles. The number of allylic oxidation sites excluding steroid dienone is 1. The van der Waals surface area contributed by atoms with Crippen molar-refractivity contribution >= 4 is 5.78 Å². The Labute approximate surface area is 161 Å². The first kappa shape index (κ1) is 19.9. The van der Waals surface area contributed by atoms with Crippen LogP contribution < -0.4 is 22.1 Å². The predicted molar refractivity (Wildman–Crippen MR) is 104 cm³/mol. The van der Waals surface area contributed by atoms with Gasteiger partial charge in [-0.3, -0.25) is 4.79 Å². The predicted octanol–water partition coefficient (Wildman–Crippen LogP) is 1.23. The van der Waals surface area contributed by atoms with Gasteiger partial charge in [-0.25, -0.2) is 0 Å². The van der Waals surface area contributed by atoms with Crippen LogP contribution in [0.15, 0.2) is 35.0 Å². The first-order chi connectivity index (χ1) is 13.0. The summed E-state index contributed by atoms with van der Waals surface area (Å²) in [6.45, 7) is 6.27. The highest BCUT2D eigenvalue weighted by Gasteiger charge is 2.42. The van der Waals surface area contributed by atoms with Gasteiger partial charge in [0, 0.05) is 42.7 Å². The van der Waals surface area contributed by atoms with Gasteiger partial charge in [-0.2, -0.15) is 0 Å². The molecule has 0 saturated carbocycles. The average Bonchev–Trinajstić information content (AvgIpc) is 3.12. The number of rotatable bonds is 7. The summed E-state index contributed by atoms with van der Waals surface area (Å²) < 4.78 is 11.5. The van der Waals surface area contributed by atoms with Gasteiger partial charge in [-0.1, -0.05) is 13.8 Å². The van der Waals surface area contributed by atoms with E-state index in [4.69, 9.17) is 20.9 Å². The van der Waals surface area contributed by atoms with Gasteiger partial charge in [0.1, 0.15) is 6.26 Å². The standard InChI is InChI=1S/C20H32N4O3/c1-20(2)5-4-14-18(16(25)10-20)17(19-23-7-9-27-19)13(11-22)15(24-14)12-26-8-3-6-21/h7,9,17,19,23-24H,3-6,8,10-12,21-22H2,1-2H3. The first-order valence-corrected chi connectivity index (χ1v) is 9.76. The first-order valence-electron chi connectivity index (χ1n) is 9.76. The van der Waals surface area contributed by atoms with E-state index in [1.54, 1.807) is 12.5 Å². The van der Waals surface area contributed by atoms with E-state index >= 15 is 0 Å². The van der Waals surface area contributed by atoms with Gasteiger partial charge in [0.15, 0.2) is 12.0 Å². The monoisotopic (exact) mass is 376 g/mol. The minimum atomic E-state index is -0.320. The fourth-order valence-corrected chi connectivity index (χ4v) is 4.04. The minimum absolute atomic E-state index is 0.0243. The Morgan fingerprint density at radius 1 is 1.37 bits per heavy atom. The molecule has 2 unspecified atom stereocenters. The molecule has 0 amide bonds. The van der Waals surface area contributed by atoms with Gasteiger partial charge >= 0.3 is 0 Å². The molecule has 0 bridgehead atoms. The van der Waals surface area contributed by atoms with Crippen LogP contribution in [0.2, 0.25) is 0 Å². The van der Waals surface area contributed by atoms with E-state index in [1.165, 1.54) is 0 Å². The van der Waals surface area contributed by atoms with Crippen molar-refractivity contribution in [2.24, 2.45) is 22.8 Å². The summed E-state index contributed by atoms with van der Waals surface area (Å²) in [4.78, 5) is 13.2. The quantitative estimate of drug-likeness (QED) is 0.495. The highest BCUT2D eigenvalue weighted by Crippen LogP contribution is 2.42. The molecular formula is C20H32N4O3. The third kappa shape index (κ3) is 4.36. The highest BCUT2D eigenvalue weighted by atomic mass is 16.5. The lowest BCUT2D eigenvalue weighted by Gasteiger charge is -2.35. The number of nitrogens with one attached hydrogen (secondary N) is 2. The third-order valence-corrected chi connectivity index (χ3v) is 5.51. The van der Waals surface area contributed by atoms with Crippen LogP contribution in [0.5, 0.6) is 0 Å². The van der Waals surface area contributed by atoms with E-state index in [0.717, 1.165) is 41.8 Å².